The Bertz CT molecular complexity index is 493. The normalized spacial score (nSPS) is 10.3. The zero-order valence-corrected chi connectivity index (χ0v) is 11.9. The van der Waals surface area contributed by atoms with Crippen LogP contribution in [0.5, 0.6) is 0 Å². The summed E-state index contributed by atoms with van der Waals surface area (Å²) < 4.78 is 5.11. The van der Waals surface area contributed by atoms with E-state index in [-0.39, 0.29) is 0 Å². The molecule has 0 aliphatic carbocycles. The van der Waals surface area contributed by atoms with E-state index >= 15 is 0 Å². The summed E-state index contributed by atoms with van der Waals surface area (Å²) in [5.41, 5.74) is 1.41. The van der Waals surface area contributed by atoms with E-state index < -0.39 is 11.7 Å². The van der Waals surface area contributed by atoms with Crippen LogP contribution in [0, 0.1) is 18.8 Å². The summed E-state index contributed by atoms with van der Waals surface area (Å²) in [5, 5.41) is 2.66. The van der Waals surface area contributed by atoms with Crippen molar-refractivity contribution >= 4 is 6.09 Å². The molecule has 1 heterocycles. The van der Waals surface area contributed by atoms with Gasteiger partial charge >= 0.3 is 6.09 Å². The standard InChI is InChI=1S/C15H20N2O2/c1-12-11-13(8-10-16-12)7-5-6-9-17-14(18)19-15(2,3)4/h8,10-11H,6,9H2,1-4H3,(H,17,18). The van der Waals surface area contributed by atoms with Gasteiger partial charge in [-0.05, 0) is 39.8 Å². The molecule has 0 aromatic carbocycles. The molecule has 1 aromatic heterocycles. The van der Waals surface area contributed by atoms with Gasteiger partial charge in [-0.15, -0.1) is 0 Å². The fourth-order valence-electron chi connectivity index (χ4n) is 1.33. The maximum absolute atomic E-state index is 11.3. The first-order chi connectivity index (χ1) is 8.87. The maximum Gasteiger partial charge on any atom is 0.407 e. The number of ether oxygens (including phenoxy) is 1. The van der Waals surface area contributed by atoms with E-state index in [0.717, 1.165) is 11.3 Å². The molecule has 0 aliphatic heterocycles. The summed E-state index contributed by atoms with van der Waals surface area (Å²) in [4.78, 5) is 15.4. The number of nitrogens with one attached hydrogen (secondary N) is 1. The minimum Gasteiger partial charge on any atom is -0.444 e. The molecule has 1 N–H and O–H groups in total. The SMILES string of the molecule is Cc1cc(C#CCCNC(=O)OC(C)(C)C)ccn1. The van der Waals surface area contributed by atoms with Gasteiger partial charge in [0.2, 0.25) is 0 Å². The van der Waals surface area contributed by atoms with Crippen LogP contribution in [0.1, 0.15) is 38.4 Å². The van der Waals surface area contributed by atoms with Crippen molar-refractivity contribution < 1.29 is 9.53 Å². The van der Waals surface area contributed by atoms with Gasteiger partial charge in [0.25, 0.3) is 0 Å². The second-order valence-electron chi connectivity index (χ2n) is 5.17. The molecule has 19 heavy (non-hydrogen) atoms. The Morgan fingerprint density at radius 2 is 2.21 bits per heavy atom. The highest BCUT2D eigenvalue weighted by Crippen LogP contribution is 2.06. The number of hydrogen-bond donors (Lipinski definition) is 1. The molecule has 0 saturated carbocycles. The first-order valence-corrected chi connectivity index (χ1v) is 6.25. The van der Waals surface area contributed by atoms with Crippen molar-refractivity contribution in [3.05, 3.63) is 29.6 Å². The van der Waals surface area contributed by atoms with Crippen molar-refractivity contribution in [2.45, 2.75) is 39.7 Å². The van der Waals surface area contributed by atoms with Crippen molar-refractivity contribution in [3.63, 3.8) is 0 Å². The third-order valence-corrected chi connectivity index (χ3v) is 2.05. The second-order valence-corrected chi connectivity index (χ2v) is 5.17. The van der Waals surface area contributed by atoms with Crippen LogP contribution < -0.4 is 5.32 Å². The van der Waals surface area contributed by atoms with E-state index in [1.54, 1.807) is 6.20 Å². The van der Waals surface area contributed by atoms with Crippen LogP contribution in [0.4, 0.5) is 4.79 Å². The van der Waals surface area contributed by atoms with Crippen molar-refractivity contribution in [2.75, 3.05) is 6.54 Å². The molecule has 0 aliphatic rings. The minimum atomic E-state index is -0.468. The Hall–Kier alpha value is -2.02. The summed E-state index contributed by atoms with van der Waals surface area (Å²) >= 11 is 0. The second kappa shape index (κ2) is 6.79. The number of hydrogen-bond acceptors (Lipinski definition) is 3. The van der Waals surface area contributed by atoms with Gasteiger partial charge in [0.1, 0.15) is 5.60 Å². The minimum absolute atomic E-state index is 0.408. The summed E-state index contributed by atoms with van der Waals surface area (Å²) in [6.07, 6.45) is 1.91. The van der Waals surface area contributed by atoms with Gasteiger partial charge in [-0.1, -0.05) is 11.8 Å². The topological polar surface area (TPSA) is 51.2 Å². The first kappa shape index (κ1) is 15.0. The molecule has 0 saturated heterocycles. The number of aryl methyl sites for hydroxylation is 1. The van der Waals surface area contributed by atoms with E-state index in [1.165, 1.54) is 0 Å². The van der Waals surface area contributed by atoms with Gasteiger partial charge in [-0.2, -0.15) is 0 Å². The molecule has 4 nitrogen and oxygen atoms in total. The number of aromatic nitrogens is 1. The predicted molar refractivity (Wildman–Crippen MR) is 74.7 cm³/mol. The largest absolute Gasteiger partial charge is 0.444 e. The van der Waals surface area contributed by atoms with Crippen LogP contribution in [0.15, 0.2) is 18.3 Å². The Morgan fingerprint density at radius 1 is 1.47 bits per heavy atom. The third kappa shape index (κ3) is 7.10. The maximum atomic E-state index is 11.3. The van der Waals surface area contributed by atoms with E-state index in [2.05, 4.69) is 22.1 Å². The van der Waals surface area contributed by atoms with E-state index in [9.17, 15) is 4.79 Å². The lowest BCUT2D eigenvalue weighted by molar-refractivity contribution is 0.0529. The molecular formula is C15H20N2O2. The van der Waals surface area contributed by atoms with Gasteiger partial charge in [-0.3, -0.25) is 4.98 Å². The quantitative estimate of drug-likeness (QED) is 0.657. The molecule has 0 atom stereocenters. The monoisotopic (exact) mass is 260 g/mol. The molecule has 0 unspecified atom stereocenters. The van der Waals surface area contributed by atoms with Crippen LogP contribution in [0.3, 0.4) is 0 Å². The third-order valence-electron chi connectivity index (χ3n) is 2.05. The molecule has 0 radical (unpaired) electrons. The average Bonchev–Trinajstić information content (AvgIpc) is 2.26. The van der Waals surface area contributed by atoms with Gasteiger partial charge in [0, 0.05) is 30.4 Å². The van der Waals surface area contributed by atoms with E-state index in [4.69, 9.17) is 4.74 Å². The Labute approximate surface area is 114 Å². The molecule has 102 valence electrons. The van der Waals surface area contributed by atoms with Crippen LogP contribution in [0.2, 0.25) is 0 Å². The number of pyridine rings is 1. The molecule has 0 fully saturated rings. The van der Waals surface area contributed by atoms with Crippen LogP contribution in [-0.2, 0) is 4.74 Å². The zero-order chi connectivity index (χ0) is 14.3. The fraction of sp³-hybridized carbons (Fsp3) is 0.467. The molecule has 1 amide bonds. The molecular weight excluding hydrogens is 240 g/mol. The molecule has 1 aromatic rings. The summed E-state index contributed by atoms with van der Waals surface area (Å²) in [5.74, 6) is 6.02. The van der Waals surface area contributed by atoms with Gasteiger partial charge in [-0.25, -0.2) is 4.79 Å². The lowest BCUT2D eigenvalue weighted by atomic mass is 10.2. The van der Waals surface area contributed by atoms with E-state index in [0.29, 0.717) is 13.0 Å². The Morgan fingerprint density at radius 3 is 2.84 bits per heavy atom. The smallest absolute Gasteiger partial charge is 0.407 e. The molecule has 0 spiro atoms. The lowest BCUT2D eigenvalue weighted by Crippen LogP contribution is -2.32. The lowest BCUT2D eigenvalue weighted by Gasteiger charge is -2.19. The van der Waals surface area contributed by atoms with Crippen molar-refractivity contribution in [2.24, 2.45) is 0 Å². The average molecular weight is 260 g/mol. The number of alkyl carbamates (subject to hydrolysis) is 1. The number of amides is 1. The number of nitrogens with zero attached hydrogens (tertiary/aromatic N) is 1. The van der Waals surface area contributed by atoms with Crippen LogP contribution >= 0.6 is 0 Å². The zero-order valence-electron chi connectivity index (χ0n) is 11.9. The highest BCUT2D eigenvalue weighted by atomic mass is 16.6. The first-order valence-electron chi connectivity index (χ1n) is 6.25. The summed E-state index contributed by atoms with van der Waals surface area (Å²) in [6.45, 7) is 7.90. The highest BCUT2D eigenvalue weighted by molar-refractivity contribution is 5.67. The molecule has 1 rings (SSSR count). The van der Waals surface area contributed by atoms with Gasteiger partial charge < -0.3 is 10.1 Å². The fourth-order valence-corrected chi connectivity index (χ4v) is 1.33. The van der Waals surface area contributed by atoms with Crippen molar-refractivity contribution in [3.8, 4) is 11.8 Å². The van der Waals surface area contributed by atoms with Crippen molar-refractivity contribution in [1.29, 1.82) is 0 Å². The van der Waals surface area contributed by atoms with Crippen LogP contribution in [0.25, 0.3) is 0 Å². The predicted octanol–water partition coefficient (Wildman–Crippen LogP) is 2.66. The Balaban J connectivity index is 2.30. The van der Waals surface area contributed by atoms with Crippen LogP contribution in [-0.4, -0.2) is 23.2 Å². The number of carbonyl (C=O) groups is 1. The summed E-state index contributed by atoms with van der Waals surface area (Å²) in [6, 6.07) is 3.79. The molecule has 0 bridgehead atoms. The molecule has 4 heteroatoms. The number of carbonyl (C=O) groups excluding carboxylic acids is 1. The van der Waals surface area contributed by atoms with Gasteiger partial charge in [0.05, 0.1) is 0 Å². The summed E-state index contributed by atoms with van der Waals surface area (Å²) in [7, 11) is 0. The number of rotatable bonds is 2. The highest BCUT2D eigenvalue weighted by Gasteiger charge is 2.15. The Kier molecular flexibility index (Phi) is 5.37. The van der Waals surface area contributed by atoms with Crippen molar-refractivity contribution in [1.82, 2.24) is 10.3 Å². The van der Waals surface area contributed by atoms with E-state index in [1.807, 2.05) is 39.8 Å². The van der Waals surface area contributed by atoms with Gasteiger partial charge in [0.15, 0.2) is 0 Å².